The Morgan fingerprint density at radius 2 is 1.68 bits per heavy atom. The highest BCUT2D eigenvalue weighted by molar-refractivity contribution is 5.33. The molecule has 0 saturated heterocycles. The number of ether oxygens (including phenoxy) is 1. The van der Waals surface area contributed by atoms with Crippen LogP contribution in [-0.2, 0) is 6.54 Å². The molecule has 0 amide bonds. The van der Waals surface area contributed by atoms with Gasteiger partial charge in [0.1, 0.15) is 5.75 Å². The molecule has 1 N–H and O–H groups in total. The highest BCUT2D eigenvalue weighted by Crippen LogP contribution is 2.19. The number of nitrogens with one attached hydrogen (secondary N) is 1. The Morgan fingerprint density at radius 3 is 2.32 bits per heavy atom. The van der Waals surface area contributed by atoms with E-state index in [-0.39, 0.29) is 6.10 Å². The summed E-state index contributed by atoms with van der Waals surface area (Å²) in [6.45, 7) is 11.8. The van der Waals surface area contributed by atoms with E-state index < -0.39 is 0 Å². The fourth-order valence-electron chi connectivity index (χ4n) is 1.99. The molecule has 0 fully saturated rings. The largest absolute Gasteiger partial charge is 0.491 e. The first-order valence-electron chi connectivity index (χ1n) is 7.47. The van der Waals surface area contributed by atoms with Gasteiger partial charge in [0.2, 0.25) is 0 Å². The smallest absolute Gasteiger partial charge is 0.124 e. The van der Waals surface area contributed by atoms with Crippen LogP contribution in [0.5, 0.6) is 5.75 Å². The molecule has 1 unspecified atom stereocenters. The van der Waals surface area contributed by atoms with Gasteiger partial charge in [0, 0.05) is 18.2 Å². The van der Waals surface area contributed by atoms with Gasteiger partial charge in [-0.2, -0.15) is 0 Å². The first-order chi connectivity index (χ1) is 8.99. The van der Waals surface area contributed by atoms with Crippen molar-refractivity contribution in [2.24, 2.45) is 5.92 Å². The lowest BCUT2D eigenvalue weighted by Crippen LogP contribution is -2.26. The Kier molecular flexibility index (Phi) is 6.93. The first-order valence-corrected chi connectivity index (χ1v) is 7.47. The van der Waals surface area contributed by atoms with Crippen LogP contribution < -0.4 is 10.1 Å². The second-order valence-electron chi connectivity index (χ2n) is 6.03. The highest BCUT2D eigenvalue weighted by Gasteiger charge is 2.07. The normalized spacial score (nSPS) is 13.0. The summed E-state index contributed by atoms with van der Waals surface area (Å²) in [6.07, 6.45) is 2.72. The fourth-order valence-corrected chi connectivity index (χ4v) is 1.99. The van der Waals surface area contributed by atoms with E-state index in [0.29, 0.717) is 6.04 Å². The van der Waals surface area contributed by atoms with Crippen molar-refractivity contribution in [1.82, 2.24) is 5.32 Å². The maximum Gasteiger partial charge on any atom is 0.124 e. The van der Waals surface area contributed by atoms with Crippen molar-refractivity contribution in [2.45, 2.75) is 66.2 Å². The minimum absolute atomic E-state index is 0.222. The topological polar surface area (TPSA) is 21.3 Å². The lowest BCUT2D eigenvalue weighted by atomic mass is 10.0. The van der Waals surface area contributed by atoms with E-state index in [0.717, 1.165) is 18.2 Å². The lowest BCUT2D eigenvalue weighted by Gasteiger charge is -2.18. The lowest BCUT2D eigenvalue weighted by molar-refractivity contribution is 0.239. The number of para-hydroxylation sites is 1. The third kappa shape index (κ3) is 6.63. The maximum atomic E-state index is 5.84. The molecule has 108 valence electrons. The molecular weight excluding hydrogens is 234 g/mol. The zero-order valence-electron chi connectivity index (χ0n) is 13.1. The van der Waals surface area contributed by atoms with Crippen LogP contribution in [0, 0.1) is 5.92 Å². The van der Waals surface area contributed by atoms with Crippen molar-refractivity contribution >= 4 is 0 Å². The molecule has 0 aromatic heterocycles. The Bertz CT molecular complexity index is 360. The molecule has 1 aromatic carbocycles. The highest BCUT2D eigenvalue weighted by atomic mass is 16.5. The van der Waals surface area contributed by atoms with Crippen LogP contribution in [0.25, 0.3) is 0 Å². The zero-order chi connectivity index (χ0) is 14.3. The molecule has 1 aromatic rings. The van der Waals surface area contributed by atoms with Crippen molar-refractivity contribution < 1.29 is 4.74 Å². The van der Waals surface area contributed by atoms with Gasteiger partial charge in [-0.3, -0.25) is 0 Å². The molecule has 2 heteroatoms. The van der Waals surface area contributed by atoms with Crippen LogP contribution in [0.15, 0.2) is 24.3 Å². The number of rotatable bonds is 8. The first kappa shape index (κ1) is 16.0. The van der Waals surface area contributed by atoms with Crippen LogP contribution in [0.4, 0.5) is 0 Å². The van der Waals surface area contributed by atoms with Crippen LogP contribution in [0.2, 0.25) is 0 Å². The van der Waals surface area contributed by atoms with Crippen molar-refractivity contribution in [2.75, 3.05) is 0 Å². The summed E-state index contributed by atoms with van der Waals surface area (Å²) < 4.78 is 5.84. The molecule has 0 saturated carbocycles. The van der Waals surface area contributed by atoms with Gasteiger partial charge in [-0.25, -0.2) is 0 Å². The van der Waals surface area contributed by atoms with Gasteiger partial charge in [-0.05, 0) is 45.6 Å². The fraction of sp³-hybridized carbons (Fsp3) is 0.647. The Labute approximate surface area is 118 Å². The molecule has 0 radical (unpaired) electrons. The summed E-state index contributed by atoms with van der Waals surface area (Å²) in [7, 11) is 0. The van der Waals surface area contributed by atoms with E-state index >= 15 is 0 Å². The van der Waals surface area contributed by atoms with E-state index in [4.69, 9.17) is 4.74 Å². The van der Waals surface area contributed by atoms with E-state index in [1.54, 1.807) is 0 Å². The standard InChI is InChI=1S/C17H29NO/c1-13(2)10-11-15(5)18-12-16-8-6-7-9-17(16)19-14(3)4/h6-9,13-15,18H,10-12H2,1-5H3. The van der Waals surface area contributed by atoms with Crippen LogP contribution in [0.3, 0.4) is 0 Å². The minimum Gasteiger partial charge on any atom is -0.491 e. The van der Waals surface area contributed by atoms with Crippen molar-refractivity contribution in [3.8, 4) is 5.75 Å². The molecule has 0 spiro atoms. The second-order valence-corrected chi connectivity index (χ2v) is 6.03. The van der Waals surface area contributed by atoms with Gasteiger partial charge in [-0.15, -0.1) is 0 Å². The van der Waals surface area contributed by atoms with Gasteiger partial charge in [0.15, 0.2) is 0 Å². The average molecular weight is 263 g/mol. The Hall–Kier alpha value is -1.02. The molecule has 1 rings (SSSR count). The molecular formula is C17H29NO. The third-order valence-electron chi connectivity index (χ3n) is 3.15. The van der Waals surface area contributed by atoms with Crippen LogP contribution in [0.1, 0.15) is 53.0 Å². The summed E-state index contributed by atoms with van der Waals surface area (Å²) in [4.78, 5) is 0. The molecule has 0 aliphatic rings. The average Bonchev–Trinajstić information content (AvgIpc) is 2.34. The Balaban J connectivity index is 2.48. The minimum atomic E-state index is 0.222. The van der Waals surface area contributed by atoms with E-state index in [1.807, 2.05) is 6.07 Å². The monoisotopic (exact) mass is 263 g/mol. The molecule has 0 bridgehead atoms. The Morgan fingerprint density at radius 1 is 1.00 bits per heavy atom. The molecule has 2 nitrogen and oxygen atoms in total. The van der Waals surface area contributed by atoms with Gasteiger partial charge >= 0.3 is 0 Å². The van der Waals surface area contributed by atoms with Crippen molar-refractivity contribution in [1.29, 1.82) is 0 Å². The molecule has 1 atom stereocenters. The molecule has 0 heterocycles. The maximum absolute atomic E-state index is 5.84. The van der Waals surface area contributed by atoms with Crippen molar-refractivity contribution in [3.63, 3.8) is 0 Å². The van der Waals surface area contributed by atoms with Gasteiger partial charge in [-0.1, -0.05) is 32.0 Å². The molecule has 0 aliphatic heterocycles. The number of benzene rings is 1. The summed E-state index contributed by atoms with van der Waals surface area (Å²) in [6, 6.07) is 8.84. The van der Waals surface area contributed by atoms with Gasteiger partial charge in [0.25, 0.3) is 0 Å². The summed E-state index contributed by atoms with van der Waals surface area (Å²) in [5.41, 5.74) is 1.24. The summed E-state index contributed by atoms with van der Waals surface area (Å²) in [5.74, 6) is 1.78. The van der Waals surface area contributed by atoms with E-state index in [9.17, 15) is 0 Å². The SMILES string of the molecule is CC(C)CCC(C)NCc1ccccc1OC(C)C. The second kappa shape index (κ2) is 8.21. The zero-order valence-corrected chi connectivity index (χ0v) is 13.1. The van der Waals surface area contributed by atoms with Gasteiger partial charge < -0.3 is 10.1 Å². The predicted octanol–water partition coefficient (Wildman–Crippen LogP) is 4.39. The number of hydrogen-bond acceptors (Lipinski definition) is 2. The quantitative estimate of drug-likeness (QED) is 0.751. The van der Waals surface area contributed by atoms with Crippen LogP contribution >= 0.6 is 0 Å². The van der Waals surface area contributed by atoms with Crippen LogP contribution in [-0.4, -0.2) is 12.1 Å². The van der Waals surface area contributed by atoms with Gasteiger partial charge in [0.05, 0.1) is 6.10 Å². The molecule has 0 aliphatic carbocycles. The molecule has 19 heavy (non-hydrogen) atoms. The predicted molar refractivity (Wildman–Crippen MR) is 82.6 cm³/mol. The van der Waals surface area contributed by atoms with E-state index in [2.05, 4.69) is 58.1 Å². The van der Waals surface area contributed by atoms with Crippen molar-refractivity contribution in [3.05, 3.63) is 29.8 Å². The summed E-state index contributed by atoms with van der Waals surface area (Å²) in [5, 5.41) is 3.59. The number of hydrogen-bond donors (Lipinski definition) is 1. The third-order valence-corrected chi connectivity index (χ3v) is 3.15. The summed E-state index contributed by atoms with van der Waals surface area (Å²) >= 11 is 0. The van der Waals surface area contributed by atoms with E-state index in [1.165, 1.54) is 18.4 Å².